The van der Waals surface area contributed by atoms with Crippen molar-refractivity contribution in [1.29, 1.82) is 0 Å². The minimum absolute atomic E-state index is 0.00277. The van der Waals surface area contributed by atoms with Crippen molar-refractivity contribution in [3.05, 3.63) is 34.1 Å². The number of hydrogen-bond donors (Lipinski definition) is 0. The maximum Gasteiger partial charge on any atom is 0.389 e. The molecular formula is C11H9BrF4O. The summed E-state index contributed by atoms with van der Waals surface area (Å²) in [6.07, 6.45) is -5.81. The largest absolute Gasteiger partial charge is 0.389 e. The second-order valence-electron chi connectivity index (χ2n) is 3.49. The molecule has 0 spiro atoms. The Morgan fingerprint density at radius 3 is 2.53 bits per heavy atom. The lowest BCUT2D eigenvalue weighted by molar-refractivity contribution is -0.135. The molecular weight excluding hydrogens is 304 g/mol. The van der Waals surface area contributed by atoms with Gasteiger partial charge in [0.05, 0.1) is 4.47 Å². The Balaban J connectivity index is 2.62. The van der Waals surface area contributed by atoms with E-state index >= 15 is 0 Å². The van der Waals surface area contributed by atoms with Gasteiger partial charge in [0.25, 0.3) is 0 Å². The van der Waals surface area contributed by atoms with Crippen molar-refractivity contribution in [2.24, 2.45) is 0 Å². The zero-order valence-electron chi connectivity index (χ0n) is 8.65. The summed E-state index contributed by atoms with van der Waals surface area (Å²) < 4.78 is 48.7. The van der Waals surface area contributed by atoms with Crippen LogP contribution in [0.2, 0.25) is 0 Å². The number of rotatable bonds is 4. The molecule has 0 unspecified atom stereocenters. The second-order valence-corrected chi connectivity index (χ2v) is 4.29. The van der Waals surface area contributed by atoms with Crippen molar-refractivity contribution in [2.75, 3.05) is 0 Å². The molecule has 0 heterocycles. The summed E-state index contributed by atoms with van der Waals surface area (Å²) in [7, 11) is 0. The normalized spacial score (nSPS) is 11.6. The van der Waals surface area contributed by atoms with Crippen LogP contribution in [-0.2, 0) is 0 Å². The molecule has 0 N–H and O–H groups in total. The van der Waals surface area contributed by atoms with E-state index in [2.05, 4.69) is 15.9 Å². The molecule has 0 atom stereocenters. The Hall–Kier alpha value is -0.910. The average Bonchev–Trinajstić information content (AvgIpc) is 2.20. The molecule has 0 radical (unpaired) electrons. The lowest BCUT2D eigenvalue weighted by Gasteiger charge is -2.06. The van der Waals surface area contributed by atoms with E-state index in [1.165, 1.54) is 12.1 Å². The van der Waals surface area contributed by atoms with Gasteiger partial charge in [-0.25, -0.2) is 4.39 Å². The molecule has 0 bridgehead atoms. The second kappa shape index (κ2) is 5.62. The van der Waals surface area contributed by atoms with Gasteiger partial charge >= 0.3 is 6.18 Å². The molecule has 0 aliphatic heterocycles. The molecule has 1 aromatic carbocycles. The molecule has 0 aliphatic carbocycles. The van der Waals surface area contributed by atoms with E-state index in [4.69, 9.17) is 0 Å². The maximum atomic E-state index is 13.1. The Bertz CT molecular complexity index is 414. The van der Waals surface area contributed by atoms with Gasteiger partial charge in [-0.05, 0) is 28.4 Å². The number of benzene rings is 1. The molecule has 0 fully saturated rings. The fourth-order valence-corrected chi connectivity index (χ4v) is 1.79. The lowest BCUT2D eigenvalue weighted by Crippen LogP contribution is -2.09. The van der Waals surface area contributed by atoms with Gasteiger partial charge in [-0.1, -0.05) is 12.1 Å². The highest BCUT2D eigenvalue weighted by Crippen LogP contribution is 2.25. The van der Waals surface area contributed by atoms with Crippen molar-refractivity contribution in [3.63, 3.8) is 0 Å². The monoisotopic (exact) mass is 312 g/mol. The van der Waals surface area contributed by atoms with E-state index in [0.29, 0.717) is 0 Å². The van der Waals surface area contributed by atoms with Crippen LogP contribution >= 0.6 is 15.9 Å². The third-order valence-corrected chi connectivity index (χ3v) is 2.92. The van der Waals surface area contributed by atoms with E-state index in [0.717, 1.165) is 6.07 Å². The fraction of sp³-hybridized carbons (Fsp3) is 0.364. The highest BCUT2D eigenvalue weighted by molar-refractivity contribution is 9.10. The molecule has 0 aliphatic rings. The summed E-state index contributed by atoms with van der Waals surface area (Å²) in [5.74, 6) is -1.10. The molecule has 0 amide bonds. The molecule has 0 saturated heterocycles. The molecule has 1 rings (SSSR count). The number of ketones is 1. The van der Waals surface area contributed by atoms with E-state index < -0.39 is 24.2 Å². The molecule has 6 heteroatoms. The standard InChI is InChI=1S/C11H9BrF4O/c12-10-7(3-1-4-8(10)13)9(17)5-2-6-11(14,15)16/h1,3-4H,2,5-6H2. The third-order valence-electron chi connectivity index (χ3n) is 2.12. The van der Waals surface area contributed by atoms with Gasteiger partial charge in [-0.2, -0.15) is 13.2 Å². The van der Waals surface area contributed by atoms with Crippen LogP contribution in [0, 0.1) is 5.82 Å². The van der Waals surface area contributed by atoms with E-state index in [9.17, 15) is 22.4 Å². The van der Waals surface area contributed by atoms with Crippen LogP contribution in [0.3, 0.4) is 0 Å². The third kappa shape index (κ3) is 4.46. The maximum absolute atomic E-state index is 13.1. The van der Waals surface area contributed by atoms with Crippen molar-refractivity contribution in [3.8, 4) is 0 Å². The Morgan fingerprint density at radius 1 is 1.29 bits per heavy atom. The minimum Gasteiger partial charge on any atom is -0.294 e. The molecule has 0 saturated carbocycles. The molecule has 1 aromatic rings. The number of hydrogen-bond acceptors (Lipinski definition) is 1. The average molecular weight is 313 g/mol. The first kappa shape index (κ1) is 14.2. The molecule has 0 aromatic heterocycles. The Kier molecular flexibility index (Phi) is 4.68. The number of alkyl halides is 3. The van der Waals surface area contributed by atoms with Crippen LogP contribution < -0.4 is 0 Å². The smallest absolute Gasteiger partial charge is 0.294 e. The van der Waals surface area contributed by atoms with Crippen LogP contribution in [-0.4, -0.2) is 12.0 Å². The number of carbonyl (C=O) groups excluding carboxylic acids is 1. The van der Waals surface area contributed by atoms with Crippen molar-refractivity contribution >= 4 is 21.7 Å². The predicted octanol–water partition coefficient (Wildman–Crippen LogP) is 4.50. The van der Waals surface area contributed by atoms with Gasteiger partial charge in [0, 0.05) is 18.4 Å². The fourth-order valence-electron chi connectivity index (χ4n) is 1.30. The number of Topliss-reactive ketones (excluding diaryl/α,β-unsaturated/α-hetero) is 1. The van der Waals surface area contributed by atoms with Crippen molar-refractivity contribution in [2.45, 2.75) is 25.4 Å². The van der Waals surface area contributed by atoms with Crippen molar-refractivity contribution < 1.29 is 22.4 Å². The summed E-state index contributed by atoms with van der Waals surface area (Å²) in [4.78, 5) is 11.5. The first-order valence-electron chi connectivity index (χ1n) is 4.85. The van der Waals surface area contributed by atoms with Crippen LogP contribution in [0.4, 0.5) is 17.6 Å². The van der Waals surface area contributed by atoms with E-state index in [1.807, 2.05) is 0 Å². The first-order chi connectivity index (χ1) is 7.81. The highest BCUT2D eigenvalue weighted by atomic mass is 79.9. The van der Waals surface area contributed by atoms with E-state index in [-0.39, 0.29) is 22.9 Å². The van der Waals surface area contributed by atoms with Gasteiger partial charge in [0.15, 0.2) is 5.78 Å². The SMILES string of the molecule is O=C(CCCC(F)(F)F)c1cccc(F)c1Br. The zero-order chi connectivity index (χ0) is 13.1. The van der Waals surface area contributed by atoms with E-state index in [1.54, 1.807) is 0 Å². The van der Waals surface area contributed by atoms with Crippen molar-refractivity contribution in [1.82, 2.24) is 0 Å². The minimum atomic E-state index is -4.26. The van der Waals surface area contributed by atoms with Gasteiger partial charge in [-0.15, -0.1) is 0 Å². The molecule has 94 valence electrons. The summed E-state index contributed by atoms with van der Waals surface area (Å²) in [6, 6.07) is 3.89. The predicted molar refractivity (Wildman–Crippen MR) is 58.3 cm³/mol. The molecule has 17 heavy (non-hydrogen) atoms. The van der Waals surface area contributed by atoms with Gasteiger partial charge < -0.3 is 0 Å². The van der Waals surface area contributed by atoms with Crippen LogP contribution in [0.5, 0.6) is 0 Å². The molecule has 1 nitrogen and oxygen atoms in total. The Morgan fingerprint density at radius 2 is 1.94 bits per heavy atom. The summed E-state index contributed by atoms with van der Waals surface area (Å²) in [5, 5.41) is 0. The van der Waals surface area contributed by atoms with Crippen LogP contribution in [0.25, 0.3) is 0 Å². The van der Waals surface area contributed by atoms with Crippen LogP contribution in [0.1, 0.15) is 29.6 Å². The lowest BCUT2D eigenvalue weighted by atomic mass is 10.1. The number of carbonyl (C=O) groups is 1. The highest BCUT2D eigenvalue weighted by Gasteiger charge is 2.26. The first-order valence-corrected chi connectivity index (χ1v) is 5.64. The van der Waals surface area contributed by atoms with Gasteiger partial charge in [0.2, 0.25) is 0 Å². The summed E-state index contributed by atoms with van der Waals surface area (Å²) in [6.45, 7) is 0. The topological polar surface area (TPSA) is 17.1 Å². The summed E-state index contributed by atoms with van der Waals surface area (Å²) >= 11 is 2.89. The summed E-state index contributed by atoms with van der Waals surface area (Å²) in [5.41, 5.74) is 0.0761. The zero-order valence-corrected chi connectivity index (χ0v) is 10.2. The number of halogens is 5. The van der Waals surface area contributed by atoms with Gasteiger partial charge in [-0.3, -0.25) is 4.79 Å². The van der Waals surface area contributed by atoms with Crippen LogP contribution in [0.15, 0.2) is 22.7 Å². The quantitative estimate of drug-likeness (QED) is 0.591. The van der Waals surface area contributed by atoms with Gasteiger partial charge in [0.1, 0.15) is 5.82 Å². The Labute approximate surface area is 104 Å².